The predicted octanol–water partition coefficient (Wildman–Crippen LogP) is 4.52. The lowest BCUT2D eigenvalue weighted by Crippen LogP contribution is -2.42. The molecule has 12 heteroatoms. The molecule has 1 N–H and O–H groups in total. The van der Waals surface area contributed by atoms with Crippen LogP contribution in [0, 0.1) is 11.2 Å². The standard InChI is InChI=1S/C22H19F4N5O2S/c23-15-2-4-16(5-3-15)31-18-7-14-1-6-17(9-21(14,20(32)33)8-13(18)10-28-31)34-19-11-27-30(29-19)12-22(24,25)26/h2-5,7,10-11,17H,1,6,8-9,12H2,(H,32,33)/t17-,21-/m0/s1. The number of aromatic nitrogens is 5. The first-order valence-electron chi connectivity index (χ1n) is 10.5. The summed E-state index contributed by atoms with van der Waals surface area (Å²) in [4.78, 5) is 13.1. The minimum absolute atomic E-state index is 0.141. The van der Waals surface area contributed by atoms with Gasteiger partial charge in [0.2, 0.25) is 0 Å². The first kappa shape index (κ1) is 22.6. The van der Waals surface area contributed by atoms with E-state index in [1.54, 1.807) is 23.0 Å². The molecule has 178 valence electrons. The molecule has 0 unspecified atom stereocenters. The second kappa shape index (κ2) is 8.26. The van der Waals surface area contributed by atoms with Gasteiger partial charge in [0.15, 0.2) is 6.54 Å². The summed E-state index contributed by atoms with van der Waals surface area (Å²) in [5.41, 5.74) is 1.89. The van der Waals surface area contributed by atoms with Gasteiger partial charge in [-0.25, -0.2) is 9.07 Å². The van der Waals surface area contributed by atoms with Gasteiger partial charge in [-0.2, -0.15) is 28.2 Å². The number of carboxylic acid groups (broad SMARTS) is 1. The molecule has 1 aromatic carbocycles. The molecule has 5 rings (SSSR count). The summed E-state index contributed by atoms with van der Waals surface area (Å²) >= 11 is 1.26. The molecule has 2 heterocycles. The van der Waals surface area contributed by atoms with Crippen molar-refractivity contribution in [1.82, 2.24) is 24.8 Å². The smallest absolute Gasteiger partial charge is 0.409 e. The Hall–Kier alpha value is -3.15. The highest BCUT2D eigenvalue weighted by Gasteiger charge is 2.49. The third-order valence-electron chi connectivity index (χ3n) is 6.22. The quantitative estimate of drug-likeness (QED) is 0.526. The van der Waals surface area contributed by atoms with Crippen molar-refractivity contribution < 1.29 is 27.5 Å². The normalized spacial score (nSPS) is 22.1. The van der Waals surface area contributed by atoms with Crippen LogP contribution in [-0.4, -0.2) is 47.3 Å². The van der Waals surface area contributed by atoms with Crippen molar-refractivity contribution in [3.05, 3.63) is 59.3 Å². The molecule has 3 aromatic rings. The Kier molecular flexibility index (Phi) is 5.50. The van der Waals surface area contributed by atoms with Crippen molar-refractivity contribution in [2.24, 2.45) is 5.41 Å². The number of carboxylic acids is 1. The number of nitrogens with zero attached hydrogens (tertiary/aromatic N) is 5. The number of carbonyl (C=O) groups is 1. The van der Waals surface area contributed by atoms with Crippen LogP contribution in [0.2, 0.25) is 0 Å². The van der Waals surface area contributed by atoms with E-state index in [2.05, 4.69) is 15.3 Å². The van der Waals surface area contributed by atoms with Crippen molar-refractivity contribution in [3.8, 4) is 5.69 Å². The Bertz CT molecular complexity index is 1270. The first-order chi connectivity index (χ1) is 16.1. The minimum Gasteiger partial charge on any atom is -0.481 e. The maximum Gasteiger partial charge on any atom is 0.409 e. The predicted molar refractivity (Wildman–Crippen MR) is 115 cm³/mol. The van der Waals surface area contributed by atoms with Crippen LogP contribution in [-0.2, 0) is 17.8 Å². The summed E-state index contributed by atoms with van der Waals surface area (Å²) in [5.74, 6) is -1.30. The number of benzene rings is 1. The van der Waals surface area contributed by atoms with Gasteiger partial charge in [-0.1, -0.05) is 17.3 Å². The van der Waals surface area contributed by atoms with Crippen LogP contribution in [0.25, 0.3) is 11.8 Å². The van der Waals surface area contributed by atoms with Gasteiger partial charge in [-0.05, 0) is 61.6 Å². The van der Waals surface area contributed by atoms with Gasteiger partial charge < -0.3 is 5.11 Å². The van der Waals surface area contributed by atoms with Crippen LogP contribution in [0.4, 0.5) is 17.6 Å². The number of hydrogen-bond acceptors (Lipinski definition) is 5. The zero-order valence-electron chi connectivity index (χ0n) is 17.7. The summed E-state index contributed by atoms with van der Waals surface area (Å²) < 4.78 is 52.7. The number of fused-ring (bicyclic) bond motifs is 2. The molecule has 2 aliphatic carbocycles. The maximum atomic E-state index is 13.3. The SMILES string of the molecule is O=C(O)[C@]12Cc3cnn(-c4ccc(F)cc4)c3C=C1CC[C@H](Sc1cnn(CC(F)(F)F)n1)C2. The lowest BCUT2D eigenvalue weighted by molar-refractivity contribution is -0.148. The summed E-state index contributed by atoms with van der Waals surface area (Å²) in [7, 11) is 0. The van der Waals surface area contributed by atoms with Gasteiger partial charge in [-0.3, -0.25) is 4.79 Å². The van der Waals surface area contributed by atoms with E-state index in [1.165, 1.54) is 30.1 Å². The second-order valence-electron chi connectivity index (χ2n) is 8.49. The molecule has 7 nitrogen and oxygen atoms in total. The Morgan fingerprint density at radius 1 is 1.21 bits per heavy atom. The Morgan fingerprint density at radius 2 is 1.97 bits per heavy atom. The van der Waals surface area contributed by atoms with Crippen LogP contribution in [0.15, 0.2) is 47.3 Å². The average Bonchev–Trinajstić information content (AvgIpc) is 3.37. The summed E-state index contributed by atoms with van der Waals surface area (Å²) in [6, 6.07) is 5.90. The molecule has 2 aliphatic rings. The van der Waals surface area contributed by atoms with E-state index in [1.807, 2.05) is 6.08 Å². The highest BCUT2D eigenvalue weighted by molar-refractivity contribution is 7.99. The fraction of sp³-hybridized carbons (Fsp3) is 0.364. The number of aliphatic carboxylic acids is 1. The molecule has 2 aromatic heterocycles. The Balaban J connectivity index is 1.39. The van der Waals surface area contributed by atoms with Crippen molar-refractivity contribution in [2.75, 3.05) is 0 Å². The van der Waals surface area contributed by atoms with Gasteiger partial charge in [-0.15, -0.1) is 5.10 Å². The summed E-state index contributed by atoms with van der Waals surface area (Å²) in [5, 5.41) is 22.4. The zero-order chi connectivity index (χ0) is 24.1. The zero-order valence-corrected chi connectivity index (χ0v) is 18.5. The average molecular weight is 493 g/mol. The maximum absolute atomic E-state index is 13.3. The van der Waals surface area contributed by atoms with Crippen LogP contribution in [0.1, 0.15) is 30.5 Å². The van der Waals surface area contributed by atoms with E-state index < -0.39 is 24.1 Å². The number of hydrogen-bond donors (Lipinski definition) is 1. The van der Waals surface area contributed by atoms with Crippen LogP contribution < -0.4 is 0 Å². The van der Waals surface area contributed by atoms with Crippen molar-refractivity contribution in [1.29, 1.82) is 0 Å². The van der Waals surface area contributed by atoms with E-state index in [-0.39, 0.29) is 17.5 Å². The van der Waals surface area contributed by atoms with Crippen LogP contribution >= 0.6 is 11.8 Å². The number of thioether (sulfide) groups is 1. The van der Waals surface area contributed by atoms with Crippen molar-refractivity contribution >= 4 is 23.8 Å². The summed E-state index contributed by atoms with van der Waals surface area (Å²) in [6.45, 7) is -1.27. The number of alkyl halides is 3. The second-order valence-corrected chi connectivity index (χ2v) is 9.81. The van der Waals surface area contributed by atoms with Gasteiger partial charge in [0.05, 0.1) is 29.2 Å². The Morgan fingerprint density at radius 3 is 2.68 bits per heavy atom. The van der Waals surface area contributed by atoms with Crippen molar-refractivity contribution in [2.45, 2.75) is 48.7 Å². The minimum atomic E-state index is -4.42. The molecule has 1 saturated carbocycles. The van der Waals surface area contributed by atoms with E-state index in [0.29, 0.717) is 34.8 Å². The molecule has 0 bridgehead atoms. The fourth-order valence-electron chi connectivity index (χ4n) is 4.68. The monoisotopic (exact) mass is 493 g/mol. The van der Waals surface area contributed by atoms with Gasteiger partial charge >= 0.3 is 12.1 Å². The van der Waals surface area contributed by atoms with Crippen LogP contribution in [0.5, 0.6) is 0 Å². The highest BCUT2D eigenvalue weighted by atomic mass is 32.2. The van der Waals surface area contributed by atoms with Crippen molar-refractivity contribution in [3.63, 3.8) is 0 Å². The highest BCUT2D eigenvalue weighted by Crippen LogP contribution is 2.51. The van der Waals surface area contributed by atoms with Crippen LogP contribution in [0.3, 0.4) is 0 Å². The first-order valence-corrected chi connectivity index (χ1v) is 11.4. The number of rotatable bonds is 5. The third kappa shape index (κ3) is 4.22. The van der Waals surface area contributed by atoms with E-state index in [0.717, 1.165) is 16.8 Å². The molecule has 0 amide bonds. The third-order valence-corrected chi connectivity index (χ3v) is 7.38. The fourth-order valence-corrected chi connectivity index (χ4v) is 5.87. The molecular formula is C22H19F4N5O2S. The lowest BCUT2D eigenvalue weighted by atomic mass is 9.64. The van der Waals surface area contributed by atoms with Gasteiger partial charge in [0, 0.05) is 5.25 Å². The lowest BCUT2D eigenvalue weighted by Gasteiger charge is -2.41. The molecule has 2 atom stereocenters. The number of halogens is 4. The van der Waals surface area contributed by atoms with Gasteiger partial charge in [0.25, 0.3) is 0 Å². The molecular weight excluding hydrogens is 474 g/mol. The molecule has 0 aliphatic heterocycles. The largest absolute Gasteiger partial charge is 0.481 e. The Labute approximate surface area is 195 Å². The molecule has 34 heavy (non-hydrogen) atoms. The van der Waals surface area contributed by atoms with E-state index in [4.69, 9.17) is 0 Å². The summed E-state index contributed by atoms with van der Waals surface area (Å²) in [6.07, 6.45) is 2.10. The van der Waals surface area contributed by atoms with Gasteiger partial charge in [0.1, 0.15) is 10.8 Å². The van der Waals surface area contributed by atoms with E-state index in [9.17, 15) is 27.5 Å². The molecule has 0 spiro atoms. The molecule has 0 radical (unpaired) electrons. The molecule has 1 fully saturated rings. The topological polar surface area (TPSA) is 85.8 Å². The van der Waals surface area contributed by atoms with E-state index >= 15 is 0 Å². The molecule has 0 saturated heterocycles.